The number of rotatable bonds is 1. The summed E-state index contributed by atoms with van der Waals surface area (Å²) in [4.78, 5) is 0. The van der Waals surface area contributed by atoms with Crippen LogP contribution in [0.2, 0.25) is 0 Å². The second kappa shape index (κ2) is 4.13. The van der Waals surface area contributed by atoms with Crippen LogP contribution in [0, 0.1) is 11.5 Å². The first-order valence-corrected chi connectivity index (χ1v) is 3.81. The molecular weight excluding hydrogens is 126 g/mol. The van der Waals surface area contributed by atoms with E-state index in [1.165, 1.54) is 19.3 Å². The molecule has 1 saturated heterocycles. The van der Waals surface area contributed by atoms with Gasteiger partial charge in [-0.15, -0.1) is 0 Å². The summed E-state index contributed by atoms with van der Waals surface area (Å²) < 4.78 is 0. The second-order valence-electron chi connectivity index (χ2n) is 2.61. The van der Waals surface area contributed by atoms with E-state index in [2.05, 4.69) is 10.6 Å². The van der Waals surface area contributed by atoms with Gasteiger partial charge in [-0.25, -0.2) is 0 Å². The predicted molar refractivity (Wildman–Crippen MR) is 39.0 cm³/mol. The molecule has 0 aliphatic carbocycles. The molecule has 1 aliphatic heterocycles. The van der Waals surface area contributed by atoms with E-state index in [-0.39, 0.29) is 6.17 Å². The molecule has 56 valence electrons. The largest absolute Gasteiger partial charge is 0.308 e. The molecule has 3 heteroatoms. The quantitative estimate of drug-likeness (QED) is 0.412. The van der Waals surface area contributed by atoms with E-state index in [0.717, 1.165) is 13.0 Å². The topological polar surface area (TPSA) is 47.9 Å². The average Bonchev–Trinajstić information content (AvgIpc) is 2.17. The van der Waals surface area contributed by atoms with E-state index in [1.54, 1.807) is 0 Å². The normalized spacial score (nSPS) is 26.5. The summed E-state index contributed by atoms with van der Waals surface area (Å²) >= 11 is 0. The lowest BCUT2D eigenvalue weighted by Crippen LogP contribution is -2.38. The highest BCUT2D eigenvalue weighted by Crippen LogP contribution is 2.05. The molecule has 1 aliphatic rings. The van der Waals surface area contributed by atoms with Crippen LogP contribution in [0.3, 0.4) is 0 Å². The lowest BCUT2D eigenvalue weighted by molar-refractivity contribution is 0.474. The van der Waals surface area contributed by atoms with Crippen LogP contribution >= 0.6 is 0 Å². The molecule has 3 nitrogen and oxygen atoms in total. The number of nitrogens with one attached hydrogen (secondary N) is 2. The van der Waals surface area contributed by atoms with Crippen molar-refractivity contribution in [2.24, 2.45) is 0 Å². The van der Waals surface area contributed by atoms with Crippen LogP contribution in [0.25, 0.3) is 0 Å². The third kappa shape index (κ3) is 2.24. The fourth-order valence-corrected chi connectivity index (χ4v) is 1.23. The van der Waals surface area contributed by atoms with Crippen molar-refractivity contribution in [1.29, 1.82) is 5.26 Å². The van der Waals surface area contributed by atoms with Gasteiger partial charge in [-0.3, -0.25) is 5.32 Å². The predicted octanol–water partition coefficient (Wildman–Crippen LogP) is 0.547. The molecule has 2 N–H and O–H groups in total. The van der Waals surface area contributed by atoms with Gasteiger partial charge in [0.2, 0.25) is 0 Å². The van der Waals surface area contributed by atoms with Gasteiger partial charge >= 0.3 is 0 Å². The van der Waals surface area contributed by atoms with Gasteiger partial charge in [-0.1, -0.05) is 6.42 Å². The van der Waals surface area contributed by atoms with Crippen molar-refractivity contribution in [2.75, 3.05) is 6.54 Å². The van der Waals surface area contributed by atoms with E-state index in [9.17, 15) is 0 Å². The third-order valence-corrected chi connectivity index (χ3v) is 1.80. The van der Waals surface area contributed by atoms with Crippen LogP contribution in [0.1, 0.15) is 25.7 Å². The molecule has 1 heterocycles. The zero-order valence-corrected chi connectivity index (χ0v) is 6.06. The van der Waals surface area contributed by atoms with Gasteiger partial charge in [0.1, 0.15) is 0 Å². The molecule has 1 fully saturated rings. The van der Waals surface area contributed by atoms with Gasteiger partial charge in [-0.2, -0.15) is 5.26 Å². The molecule has 0 aromatic rings. The van der Waals surface area contributed by atoms with E-state index in [4.69, 9.17) is 5.26 Å². The summed E-state index contributed by atoms with van der Waals surface area (Å²) in [6.45, 7) is 1.04. The lowest BCUT2D eigenvalue weighted by atomic mass is 10.2. The average molecular weight is 139 g/mol. The third-order valence-electron chi connectivity index (χ3n) is 1.80. The number of nitrogens with zero attached hydrogens (tertiary/aromatic N) is 1. The maximum atomic E-state index is 8.31. The highest BCUT2D eigenvalue weighted by Gasteiger charge is 2.08. The Morgan fingerprint density at radius 3 is 3.10 bits per heavy atom. The van der Waals surface area contributed by atoms with Gasteiger partial charge in [0.25, 0.3) is 0 Å². The molecule has 1 rings (SSSR count). The van der Waals surface area contributed by atoms with Gasteiger partial charge in [-0.05, 0) is 25.8 Å². The van der Waals surface area contributed by atoms with Crippen molar-refractivity contribution >= 4 is 0 Å². The molecule has 0 saturated carbocycles. The summed E-state index contributed by atoms with van der Waals surface area (Å²) in [7, 11) is 0. The summed E-state index contributed by atoms with van der Waals surface area (Å²) in [6, 6.07) is 0. The molecule has 10 heavy (non-hydrogen) atoms. The Bertz CT molecular complexity index is 119. The lowest BCUT2D eigenvalue weighted by Gasteiger charge is -2.11. The van der Waals surface area contributed by atoms with E-state index >= 15 is 0 Å². The van der Waals surface area contributed by atoms with Crippen molar-refractivity contribution in [3.63, 3.8) is 0 Å². The fraction of sp³-hybridized carbons (Fsp3) is 0.857. The maximum absolute atomic E-state index is 8.31. The van der Waals surface area contributed by atoms with Gasteiger partial charge in [0.05, 0.1) is 6.17 Å². The van der Waals surface area contributed by atoms with Crippen LogP contribution in [-0.4, -0.2) is 12.7 Å². The van der Waals surface area contributed by atoms with Crippen LogP contribution in [0.15, 0.2) is 0 Å². The molecular formula is C7H13N3. The maximum Gasteiger partial charge on any atom is 0.177 e. The molecule has 0 radical (unpaired) electrons. The van der Waals surface area contributed by atoms with Crippen LogP contribution in [0.4, 0.5) is 0 Å². The number of hydrogen-bond donors (Lipinski definition) is 2. The van der Waals surface area contributed by atoms with E-state index in [1.807, 2.05) is 6.19 Å². The van der Waals surface area contributed by atoms with Crippen molar-refractivity contribution in [1.82, 2.24) is 10.6 Å². The van der Waals surface area contributed by atoms with Gasteiger partial charge in [0.15, 0.2) is 6.19 Å². The first-order valence-electron chi connectivity index (χ1n) is 3.81. The summed E-state index contributed by atoms with van der Waals surface area (Å²) in [5, 5.41) is 14.3. The minimum absolute atomic E-state index is 0.229. The van der Waals surface area contributed by atoms with E-state index in [0.29, 0.717) is 0 Å². The summed E-state index contributed by atoms with van der Waals surface area (Å²) in [5.74, 6) is 0. The Kier molecular flexibility index (Phi) is 3.04. The smallest absolute Gasteiger partial charge is 0.177 e. The van der Waals surface area contributed by atoms with Gasteiger partial charge in [0, 0.05) is 0 Å². The summed E-state index contributed by atoms with van der Waals surface area (Å²) in [5.41, 5.74) is 0. The molecule has 0 bridgehead atoms. The molecule has 0 aromatic heterocycles. The molecule has 0 amide bonds. The van der Waals surface area contributed by atoms with E-state index < -0.39 is 0 Å². The Morgan fingerprint density at radius 2 is 2.30 bits per heavy atom. The van der Waals surface area contributed by atoms with Crippen LogP contribution in [-0.2, 0) is 0 Å². The summed E-state index contributed by atoms with van der Waals surface area (Å²) in [6.07, 6.45) is 7.02. The monoisotopic (exact) mass is 139 g/mol. The number of nitriles is 1. The Hall–Kier alpha value is -0.750. The van der Waals surface area contributed by atoms with Crippen LogP contribution < -0.4 is 10.6 Å². The number of hydrogen-bond acceptors (Lipinski definition) is 3. The molecule has 1 atom stereocenters. The molecule has 1 unspecified atom stereocenters. The highest BCUT2D eigenvalue weighted by atomic mass is 15.1. The molecule has 0 spiro atoms. The Morgan fingerprint density at radius 1 is 1.40 bits per heavy atom. The second-order valence-corrected chi connectivity index (χ2v) is 2.61. The minimum atomic E-state index is 0.229. The molecule has 0 aromatic carbocycles. The van der Waals surface area contributed by atoms with Crippen molar-refractivity contribution in [2.45, 2.75) is 31.8 Å². The standard InChI is InChI=1S/C7H13N3/c8-6-10-7-4-2-1-3-5-9-7/h7,9-10H,1-5H2. The zero-order valence-electron chi connectivity index (χ0n) is 6.06. The first kappa shape index (κ1) is 7.36. The van der Waals surface area contributed by atoms with Crippen molar-refractivity contribution in [3.05, 3.63) is 0 Å². The first-order chi connectivity index (χ1) is 4.93. The van der Waals surface area contributed by atoms with Crippen molar-refractivity contribution < 1.29 is 0 Å². The SMILES string of the molecule is N#CNC1CCCCCN1. The Labute approximate surface area is 61.4 Å². The highest BCUT2D eigenvalue weighted by molar-refractivity contribution is 4.76. The minimum Gasteiger partial charge on any atom is -0.308 e. The van der Waals surface area contributed by atoms with Crippen molar-refractivity contribution in [3.8, 4) is 6.19 Å². The van der Waals surface area contributed by atoms with Crippen LogP contribution in [0.5, 0.6) is 0 Å². The Balaban J connectivity index is 2.23. The fourth-order valence-electron chi connectivity index (χ4n) is 1.23. The van der Waals surface area contributed by atoms with Gasteiger partial charge < -0.3 is 5.32 Å². The zero-order chi connectivity index (χ0) is 7.23.